The standard InChI is InChI=1S/C12H15NO2/c1-3-6-12(15)13-11-8-5-4-7-10(11)9(2)14/h3-9,14H,1-2H3,(H,13,15). The fourth-order valence-corrected chi connectivity index (χ4v) is 1.30. The van der Waals surface area contributed by atoms with E-state index < -0.39 is 6.10 Å². The maximum atomic E-state index is 11.3. The lowest BCUT2D eigenvalue weighted by Gasteiger charge is -2.11. The third kappa shape index (κ3) is 3.22. The first-order chi connectivity index (χ1) is 7.15. The van der Waals surface area contributed by atoms with Gasteiger partial charge in [-0.15, -0.1) is 0 Å². The number of benzene rings is 1. The number of anilines is 1. The highest BCUT2D eigenvalue weighted by atomic mass is 16.3. The fourth-order valence-electron chi connectivity index (χ4n) is 1.30. The number of rotatable bonds is 3. The van der Waals surface area contributed by atoms with Gasteiger partial charge in [-0.1, -0.05) is 24.3 Å². The van der Waals surface area contributed by atoms with Crippen LogP contribution in [0.4, 0.5) is 5.69 Å². The molecule has 0 aliphatic heterocycles. The van der Waals surface area contributed by atoms with Gasteiger partial charge in [-0.05, 0) is 26.0 Å². The number of para-hydroxylation sites is 1. The van der Waals surface area contributed by atoms with Crippen LogP contribution in [0.3, 0.4) is 0 Å². The second-order valence-electron chi connectivity index (χ2n) is 3.25. The number of hydrogen-bond donors (Lipinski definition) is 2. The van der Waals surface area contributed by atoms with Crippen molar-refractivity contribution in [2.75, 3.05) is 5.32 Å². The maximum absolute atomic E-state index is 11.3. The number of carbonyl (C=O) groups excluding carboxylic acids is 1. The molecule has 1 amide bonds. The molecule has 0 fully saturated rings. The minimum atomic E-state index is -0.591. The third-order valence-electron chi connectivity index (χ3n) is 1.99. The Labute approximate surface area is 89.4 Å². The van der Waals surface area contributed by atoms with Crippen LogP contribution in [0.25, 0.3) is 0 Å². The molecule has 0 aliphatic carbocycles. The van der Waals surface area contributed by atoms with Crippen molar-refractivity contribution < 1.29 is 9.90 Å². The largest absolute Gasteiger partial charge is 0.389 e. The van der Waals surface area contributed by atoms with Crippen LogP contribution in [0.5, 0.6) is 0 Å². The van der Waals surface area contributed by atoms with E-state index in [0.717, 1.165) is 5.56 Å². The van der Waals surface area contributed by atoms with E-state index in [1.807, 2.05) is 12.1 Å². The Balaban J connectivity index is 2.89. The molecule has 0 radical (unpaired) electrons. The number of allylic oxidation sites excluding steroid dienone is 1. The van der Waals surface area contributed by atoms with E-state index in [-0.39, 0.29) is 5.91 Å². The molecular formula is C12H15NO2. The summed E-state index contributed by atoms with van der Waals surface area (Å²) in [5, 5.41) is 12.2. The highest BCUT2D eigenvalue weighted by Gasteiger charge is 2.07. The summed E-state index contributed by atoms with van der Waals surface area (Å²) in [6.45, 7) is 3.45. The Bertz CT molecular complexity index is 370. The molecule has 3 nitrogen and oxygen atoms in total. The van der Waals surface area contributed by atoms with Crippen molar-refractivity contribution in [3.8, 4) is 0 Å². The minimum absolute atomic E-state index is 0.189. The zero-order valence-corrected chi connectivity index (χ0v) is 8.90. The molecule has 1 aromatic carbocycles. The normalized spacial score (nSPS) is 12.7. The average molecular weight is 205 g/mol. The van der Waals surface area contributed by atoms with Gasteiger partial charge in [0.05, 0.1) is 6.10 Å². The minimum Gasteiger partial charge on any atom is -0.389 e. The number of aliphatic hydroxyl groups is 1. The van der Waals surface area contributed by atoms with Crippen molar-refractivity contribution in [2.45, 2.75) is 20.0 Å². The van der Waals surface area contributed by atoms with Gasteiger partial charge < -0.3 is 10.4 Å². The van der Waals surface area contributed by atoms with Gasteiger partial charge in [0.2, 0.25) is 5.91 Å². The van der Waals surface area contributed by atoms with E-state index in [9.17, 15) is 9.90 Å². The maximum Gasteiger partial charge on any atom is 0.248 e. The molecule has 0 saturated carbocycles. The van der Waals surface area contributed by atoms with Crippen LogP contribution < -0.4 is 5.32 Å². The van der Waals surface area contributed by atoms with Gasteiger partial charge in [0, 0.05) is 11.3 Å². The summed E-state index contributed by atoms with van der Waals surface area (Å²) in [6.07, 6.45) is 2.52. The summed E-state index contributed by atoms with van der Waals surface area (Å²) in [6, 6.07) is 7.20. The van der Waals surface area contributed by atoms with Crippen LogP contribution in [0, 0.1) is 0 Å². The molecule has 3 heteroatoms. The lowest BCUT2D eigenvalue weighted by atomic mass is 10.1. The molecular weight excluding hydrogens is 190 g/mol. The Kier molecular flexibility index (Phi) is 4.06. The molecule has 1 unspecified atom stereocenters. The van der Waals surface area contributed by atoms with Crippen LogP contribution in [-0.2, 0) is 4.79 Å². The van der Waals surface area contributed by atoms with Gasteiger partial charge in [0.25, 0.3) is 0 Å². The van der Waals surface area contributed by atoms with E-state index >= 15 is 0 Å². The van der Waals surface area contributed by atoms with Crippen LogP contribution in [0.2, 0.25) is 0 Å². The highest BCUT2D eigenvalue weighted by Crippen LogP contribution is 2.21. The van der Waals surface area contributed by atoms with Gasteiger partial charge in [-0.2, -0.15) is 0 Å². The number of carbonyl (C=O) groups is 1. The topological polar surface area (TPSA) is 49.3 Å². The van der Waals surface area contributed by atoms with Gasteiger partial charge in [0.1, 0.15) is 0 Å². The van der Waals surface area contributed by atoms with Crippen molar-refractivity contribution in [1.29, 1.82) is 0 Å². The predicted molar refractivity (Wildman–Crippen MR) is 60.5 cm³/mol. The molecule has 1 atom stereocenters. The fraction of sp³-hybridized carbons (Fsp3) is 0.250. The first-order valence-corrected chi connectivity index (χ1v) is 4.86. The van der Waals surface area contributed by atoms with Crippen molar-refractivity contribution in [3.63, 3.8) is 0 Å². The summed E-state index contributed by atoms with van der Waals surface area (Å²) in [7, 11) is 0. The van der Waals surface area contributed by atoms with Crippen molar-refractivity contribution in [2.24, 2.45) is 0 Å². The zero-order chi connectivity index (χ0) is 11.3. The summed E-state index contributed by atoms with van der Waals surface area (Å²) in [5.74, 6) is -0.189. The molecule has 0 heterocycles. The van der Waals surface area contributed by atoms with Gasteiger partial charge in [-0.3, -0.25) is 4.79 Å². The molecule has 0 aliphatic rings. The van der Waals surface area contributed by atoms with E-state index in [0.29, 0.717) is 5.69 Å². The third-order valence-corrected chi connectivity index (χ3v) is 1.99. The van der Waals surface area contributed by atoms with Gasteiger partial charge >= 0.3 is 0 Å². The van der Waals surface area contributed by atoms with E-state index in [1.165, 1.54) is 6.08 Å². The number of aliphatic hydroxyl groups excluding tert-OH is 1. The van der Waals surface area contributed by atoms with Crippen molar-refractivity contribution in [1.82, 2.24) is 0 Å². The Morgan fingerprint density at radius 3 is 2.73 bits per heavy atom. The molecule has 0 bridgehead atoms. The van der Waals surface area contributed by atoms with Crippen LogP contribution >= 0.6 is 0 Å². The summed E-state index contributed by atoms with van der Waals surface area (Å²) < 4.78 is 0. The van der Waals surface area contributed by atoms with E-state index in [4.69, 9.17) is 0 Å². The first kappa shape index (κ1) is 11.5. The molecule has 0 aromatic heterocycles. The lowest BCUT2D eigenvalue weighted by molar-refractivity contribution is -0.111. The number of nitrogens with one attached hydrogen (secondary N) is 1. The Hall–Kier alpha value is -1.61. The Morgan fingerprint density at radius 2 is 2.13 bits per heavy atom. The van der Waals surface area contributed by atoms with E-state index in [2.05, 4.69) is 5.32 Å². The first-order valence-electron chi connectivity index (χ1n) is 4.86. The van der Waals surface area contributed by atoms with Gasteiger partial charge in [0.15, 0.2) is 0 Å². The smallest absolute Gasteiger partial charge is 0.248 e. The number of amides is 1. The van der Waals surface area contributed by atoms with Crippen LogP contribution in [0.15, 0.2) is 36.4 Å². The van der Waals surface area contributed by atoms with Crippen molar-refractivity contribution >= 4 is 11.6 Å². The van der Waals surface area contributed by atoms with Crippen molar-refractivity contribution in [3.05, 3.63) is 42.0 Å². The van der Waals surface area contributed by atoms with Crippen LogP contribution in [-0.4, -0.2) is 11.0 Å². The predicted octanol–water partition coefficient (Wildman–Crippen LogP) is 2.25. The van der Waals surface area contributed by atoms with Gasteiger partial charge in [-0.25, -0.2) is 0 Å². The zero-order valence-electron chi connectivity index (χ0n) is 8.90. The summed E-state index contributed by atoms with van der Waals surface area (Å²) in [5.41, 5.74) is 1.37. The number of hydrogen-bond acceptors (Lipinski definition) is 2. The molecule has 1 aromatic rings. The second kappa shape index (κ2) is 5.32. The average Bonchev–Trinajstić information content (AvgIpc) is 2.18. The highest BCUT2D eigenvalue weighted by molar-refractivity contribution is 5.99. The van der Waals surface area contributed by atoms with E-state index in [1.54, 1.807) is 32.1 Å². The molecule has 1 rings (SSSR count). The lowest BCUT2D eigenvalue weighted by Crippen LogP contribution is -2.10. The molecule has 0 spiro atoms. The SMILES string of the molecule is CC=CC(=O)Nc1ccccc1C(C)O. The Morgan fingerprint density at radius 1 is 1.47 bits per heavy atom. The quantitative estimate of drug-likeness (QED) is 0.743. The summed E-state index contributed by atoms with van der Waals surface area (Å²) in [4.78, 5) is 11.3. The second-order valence-corrected chi connectivity index (χ2v) is 3.25. The monoisotopic (exact) mass is 205 g/mol. The molecule has 15 heavy (non-hydrogen) atoms. The molecule has 0 saturated heterocycles. The molecule has 80 valence electrons. The van der Waals surface area contributed by atoms with Crippen LogP contribution in [0.1, 0.15) is 25.5 Å². The molecule has 2 N–H and O–H groups in total. The summed E-state index contributed by atoms with van der Waals surface area (Å²) >= 11 is 0.